The van der Waals surface area contributed by atoms with E-state index in [1.54, 1.807) is 7.05 Å². The van der Waals surface area contributed by atoms with E-state index in [2.05, 4.69) is 5.32 Å². The molecule has 0 aromatic rings. The molecule has 108 valence electrons. The smallest absolute Gasteiger partial charge is 0.325 e. The second kappa shape index (κ2) is 8.45. The molecule has 0 aliphatic heterocycles. The van der Waals surface area contributed by atoms with Gasteiger partial charge < -0.3 is 19.5 Å². The molecule has 5 heteroatoms. The van der Waals surface area contributed by atoms with E-state index in [1.807, 2.05) is 27.7 Å². The Hall–Kier alpha value is -0.650. The summed E-state index contributed by atoms with van der Waals surface area (Å²) in [6, 6.07) is 0. The summed E-state index contributed by atoms with van der Waals surface area (Å²) in [6.45, 7) is 8.81. The van der Waals surface area contributed by atoms with Crippen LogP contribution in [0.5, 0.6) is 0 Å². The number of ether oxygens (including phenoxy) is 3. The largest absolute Gasteiger partial charge is 0.468 e. The van der Waals surface area contributed by atoms with Crippen molar-refractivity contribution < 1.29 is 19.0 Å². The quantitative estimate of drug-likeness (QED) is 0.501. The maximum absolute atomic E-state index is 11.7. The van der Waals surface area contributed by atoms with Gasteiger partial charge in [0.2, 0.25) is 0 Å². The van der Waals surface area contributed by atoms with Crippen molar-refractivity contribution in [3.63, 3.8) is 0 Å². The van der Waals surface area contributed by atoms with E-state index >= 15 is 0 Å². The number of esters is 1. The molecule has 0 aliphatic rings. The van der Waals surface area contributed by atoms with Gasteiger partial charge in [0.1, 0.15) is 5.54 Å². The summed E-state index contributed by atoms with van der Waals surface area (Å²) in [4.78, 5) is 11.7. The molecular formula is C13H27NO4. The molecule has 2 unspecified atom stereocenters. The van der Waals surface area contributed by atoms with Crippen LogP contribution in [-0.2, 0) is 19.0 Å². The van der Waals surface area contributed by atoms with Gasteiger partial charge in [-0.05, 0) is 34.7 Å². The molecule has 0 fully saturated rings. The van der Waals surface area contributed by atoms with Gasteiger partial charge in [0.15, 0.2) is 0 Å². The van der Waals surface area contributed by atoms with Crippen molar-refractivity contribution in [2.24, 2.45) is 0 Å². The molecule has 2 atom stereocenters. The Morgan fingerprint density at radius 1 is 1.22 bits per heavy atom. The summed E-state index contributed by atoms with van der Waals surface area (Å²) in [6.07, 6.45) is 0.719. The second-order valence-electron chi connectivity index (χ2n) is 4.88. The van der Waals surface area contributed by atoms with Crippen LogP contribution in [0.1, 0.15) is 34.1 Å². The highest BCUT2D eigenvalue weighted by Crippen LogP contribution is 2.15. The molecule has 0 aromatic heterocycles. The Bertz CT molecular complexity index is 245. The van der Waals surface area contributed by atoms with E-state index in [9.17, 15) is 4.79 Å². The fraction of sp³-hybridized carbons (Fsp3) is 0.923. The molecule has 0 heterocycles. The lowest BCUT2D eigenvalue weighted by atomic mass is 9.95. The van der Waals surface area contributed by atoms with Crippen molar-refractivity contribution in [2.75, 3.05) is 27.4 Å². The third-order valence-corrected chi connectivity index (χ3v) is 2.82. The molecule has 0 saturated carbocycles. The Morgan fingerprint density at radius 3 is 2.22 bits per heavy atom. The first-order valence-corrected chi connectivity index (χ1v) is 6.36. The number of carbonyl (C=O) groups is 1. The molecule has 0 rings (SSSR count). The first-order chi connectivity index (χ1) is 8.35. The minimum Gasteiger partial charge on any atom is -0.468 e. The Labute approximate surface area is 110 Å². The molecule has 1 N–H and O–H groups in total. The van der Waals surface area contributed by atoms with Crippen molar-refractivity contribution in [1.82, 2.24) is 5.32 Å². The molecule has 0 spiro atoms. The first-order valence-electron chi connectivity index (χ1n) is 6.36. The highest BCUT2D eigenvalue weighted by Gasteiger charge is 2.34. The number of rotatable bonds is 9. The Kier molecular flexibility index (Phi) is 8.15. The number of hydrogen-bond acceptors (Lipinski definition) is 5. The Balaban J connectivity index is 4.04. The predicted molar refractivity (Wildman–Crippen MR) is 70.6 cm³/mol. The van der Waals surface area contributed by atoms with Crippen LogP contribution in [0.3, 0.4) is 0 Å². The summed E-state index contributed by atoms with van der Waals surface area (Å²) < 4.78 is 15.8. The lowest BCUT2D eigenvalue weighted by Crippen LogP contribution is -2.50. The minimum atomic E-state index is -0.715. The molecule has 0 radical (unpaired) electrons. The molecule has 0 aromatic carbocycles. The minimum absolute atomic E-state index is 0.0442. The number of nitrogens with one attached hydrogen (secondary N) is 1. The monoisotopic (exact) mass is 261 g/mol. The van der Waals surface area contributed by atoms with Crippen LogP contribution in [0.15, 0.2) is 0 Å². The van der Waals surface area contributed by atoms with Crippen molar-refractivity contribution in [3.05, 3.63) is 0 Å². The average molecular weight is 261 g/mol. The summed E-state index contributed by atoms with van der Waals surface area (Å²) in [5.74, 6) is -0.279. The SMILES string of the molecule is CNC(C)(CC(C)OCCOC(C)C)C(=O)OC. The van der Waals surface area contributed by atoms with Crippen molar-refractivity contribution in [1.29, 1.82) is 0 Å². The van der Waals surface area contributed by atoms with Crippen LogP contribution in [0.2, 0.25) is 0 Å². The number of carbonyl (C=O) groups excluding carboxylic acids is 1. The van der Waals surface area contributed by atoms with E-state index < -0.39 is 5.54 Å². The molecular weight excluding hydrogens is 234 g/mol. The van der Waals surface area contributed by atoms with Crippen LogP contribution in [0.4, 0.5) is 0 Å². The zero-order chi connectivity index (χ0) is 14.2. The highest BCUT2D eigenvalue weighted by atomic mass is 16.5. The van der Waals surface area contributed by atoms with Crippen LogP contribution < -0.4 is 5.32 Å². The molecule has 5 nitrogen and oxygen atoms in total. The van der Waals surface area contributed by atoms with E-state index in [-0.39, 0.29) is 18.2 Å². The number of methoxy groups -OCH3 is 1. The maximum atomic E-state index is 11.7. The van der Waals surface area contributed by atoms with Crippen molar-refractivity contribution in [3.8, 4) is 0 Å². The van der Waals surface area contributed by atoms with Gasteiger partial charge in [-0.25, -0.2) is 0 Å². The van der Waals surface area contributed by atoms with Gasteiger partial charge >= 0.3 is 5.97 Å². The van der Waals surface area contributed by atoms with Gasteiger partial charge in [-0.3, -0.25) is 4.79 Å². The summed E-state index contributed by atoms with van der Waals surface area (Å²) in [5.41, 5.74) is -0.715. The van der Waals surface area contributed by atoms with Gasteiger partial charge in [0.25, 0.3) is 0 Å². The number of hydrogen-bond donors (Lipinski definition) is 1. The Morgan fingerprint density at radius 2 is 1.78 bits per heavy atom. The van der Waals surface area contributed by atoms with E-state index in [1.165, 1.54) is 7.11 Å². The lowest BCUT2D eigenvalue weighted by molar-refractivity contribution is -0.149. The summed E-state index contributed by atoms with van der Waals surface area (Å²) >= 11 is 0. The molecule has 0 bridgehead atoms. The zero-order valence-electron chi connectivity index (χ0n) is 12.4. The highest BCUT2D eigenvalue weighted by molar-refractivity contribution is 5.80. The van der Waals surface area contributed by atoms with E-state index in [4.69, 9.17) is 14.2 Å². The average Bonchev–Trinajstić information content (AvgIpc) is 2.33. The third kappa shape index (κ3) is 6.33. The molecule has 0 amide bonds. The van der Waals surface area contributed by atoms with Crippen LogP contribution in [0.25, 0.3) is 0 Å². The number of likely N-dealkylation sites (N-methyl/N-ethyl adjacent to an activating group) is 1. The molecule has 0 saturated heterocycles. The zero-order valence-corrected chi connectivity index (χ0v) is 12.4. The summed E-state index contributed by atoms with van der Waals surface area (Å²) in [5, 5.41) is 2.98. The van der Waals surface area contributed by atoms with Crippen molar-refractivity contribution in [2.45, 2.75) is 51.9 Å². The normalized spacial score (nSPS) is 16.4. The fourth-order valence-electron chi connectivity index (χ4n) is 1.68. The van der Waals surface area contributed by atoms with Gasteiger partial charge in [-0.1, -0.05) is 0 Å². The topological polar surface area (TPSA) is 56.8 Å². The summed E-state index contributed by atoms with van der Waals surface area (Å²) in [7, 11) is 3.13. The van der Waals surface area contributed by atoms with Crippen LogP contribution in [0, 0.1) is 0 Å². The van der Waals surface area contributed by atoms with Crippen LogP contribution >= 0.6 is 0 Å². The third-order valence-electron chi connectivity index (χ3n) is 2.82. The van der Waals surface area contributed by atoms with Gasteiger partial charge in [0, 0.05) is 6.42 Å². The van der Waals surface area contributed by atoms with E-state index in [0.29, 0.717) is 19.6 Å². The second-order valence-corrected chi connectivity index (χ2v) is 4.88. The lowest BCUT2D eigenvalue weighted by Gasteiger charge is -2.29. The van der Waals surface area contributed by atoms with Crippen molar-refractivity contribution >= 4 is 5.97 Å². The van der Waals surface area contributed by atoms with Gasteiger partial charge in [-0.15, -0.1) is 0 Å². The molecule has 18 heavy (non-hydrogen) atoms. The maximum Gasteiger partial charge on any atom is 0.325 e. The van der Waals surface area contributed by atoms with Gasteiger partial charge in [0.05, 0.1) is 32.5 Å². The fourth-order valence-corrected chi connectivity index (χ4v) is 1.68. The van der Waals surface area contributed by atoms with E-state index in [0.717, 1.165) is 0 Å². The molecule has 0 aliphatic carbocycles. The van der Waals surface area contributed by atoms with Gasteiger partial charge in [-0.2, -0.15) is 0 Å². The van der Waals surface area contributed by atoms with Crippen LogP contribution in [-0.4, -0.2) is 51.1 Å². The first kappa shape index (κ1) is 17.4. The predicted octanol–water partition coefficient (Wildman–Crippen LogP) is 1.36. The standard InChI is InChI=1S/C13H27NO4/c1-10(2)17-7-8-18-11(3)9-13(4,14-5)12(15)16-6/h10-11,14H,7-9H2,1-6H3.